The van der Waals surface area contributed by atoms with Crippen molar-refractivity contribution in [3.05, 3.63) is 53.6 Å². The van der Waals surface area contributed by atoms with Gasteiger partial charge in [0.2, 0.25) is 0 Å². The molecule has 0 saturated carbocycles. The van der Waals surface area contributed by atoms with Crippen molar-refractivity contribution in [2.45, 2.75) is 20.0 Å². The molecule has 3 rings (SSSR count). The van der Waals surface area contributed by atoms with E-state index in [-0.39, 0.29) is 5.56 Å². The van der Waals surface area contributed by atoms with Gasteiger partial charge in [-0.3, -0.25) is 0 Å². The molecule has 2 aromatic heterocycles. The fourth-order valence-corrected chi connectivity index (χ4v) is 2.64. The zero-order valence-corrected chi connectivity index (χ0v) is 13.0. The zero-order valence-electron chi connectivity index (χ0n) is 13.0. The Bertz CT molecular complexity index is 954. The van der Waals surface area contributed by atoms with Crippen molar-refractivity contribution in [1.29, 1.82) is 0 Å². The monoisotopic (exact) mass is 350 g/mol. The minimum absolute atomic E-state index is 0.0820. The number of pyridine rings is 1. The lowest BCUT2D eigenvalue weighted by atomic mass is 10.1. The highest BCUT2D eigenvalue weighted by Crippen LogP contribution is 2.29. The number of rotatable bonds is 5. The number of imidazole rings is 1. The SMILES string of the molecule is CCc1c(-c2ccc(OC(F)F)c(F)c2)nc2cc(C(=O)O)ccn12. The van der Waals surface area contributed by atoms with Gasteiger partial charge in [0, 0.05) is 11.8 Å². The van der Waals surface area contributed by atoms with Gasteiger partial charge in [-0.25, -0.2) is 14.2 Å². The van der Waals surface area contributed by atoms with E-state index in [1.807, 2.05) is 6.92 Å². The second kappa shape index (κ2) is 6.46. The Morgan fingerprint density at radius 2 is 2.08 bits per heavy atom. The number of carbonyl (C=O) groups is 1. The number of nitrogens with zero attached hydrogens (tertiary/aromatic N) is 2. The quantitative estimate of drug-likeness (QED) is 0.755. The summed E-state index contributed by atoms with van der Waals surface area (Å²) in [6.45, 7) is -1.24. The average molecular weight is 350 g/mol. The topological polar surface area (TPSA) is 63.8 Å². The second-order valence-corrected chi connectivity index (χ2v) is 5.23. The molecule has 3 aromatic rings. The summed E-state index contributed by atoms with van der Waals surface area (Å²) in [5.74, 6) is -2.55. The normalized spacial score (nSPS) is 11.2. The highest BCUT2D eigenvalue weighted by molar-refractivity contribution is 5.89. The molecule has 0 fully saturated rings. The van der Waals surface area contributed by atoms with Crippen molar-refractivity contribution in [3.63, 3.8) is 0 Å². The Hall–Kier alpha value is -3.03. The van der Waals surface area contributed by atoms with E-state index in [1.165, 1.54) is 18.2 Å². The molecule has 130 valence electrons. The van der Waals surface area contributed by atoms with E-state index in [2.05, 4.69) is 9.72 Å². The van der Waals surface area contributed by atoms with Gasteiger partial charge in [-0.05, 0) is 36.8 Å². The summed E-state index contributed by atoms with van der Waals surface area (Å²) in [6.07, 6.45) is 2.14. The van der Waals surface area contributed by atoms with Crippen molar-refractivity contribution in [2.24, 2.45) is 0 Å². The van der Waals surface area contributed by atoms with E-state index in [1.54, 1.807) is 10.6 Å². The summed E-state index contributed by atoms with van der Waals surface area (Å²) in [5, 5.41) is 9.07. The third-order valence-corrected chi connectivity index (χ3v) is 3.73. The minimum atomic E-state index is -3.11. The number of fused-ring (bicyclic) bond motifs is 1. The number of benzene rings is 1. The molecule has 8 heteroatoms. The number of aryl methyl sites for hydroxylation is 1. The molecule has 2 heterocycles. The molecule has 1 aromatic carbocycles. The van der Waals surface area contributed by atoms with Crippen molar-refractivity contribution in [3.8, 4) is 17.0 Å². The molecular formula is C17H13F3N2O3. The first kappa shape index (κ1) is 16.8. The summed E-state index contributed by atoms with van der Waals surface area (Å²) in [6, 6.07) is 6.47. The van der Waals surface area contributed by atoms with Crippen LogP contribution in [0.2, 0.25) is 0 Å². The lowest BCUT2D eigenvalue weighted by molar-refractivity contribution is -0.0521. The Morgan fingerprint density at radius 1 is 1.32 bits per heavy atom. The van der Waals surface area contributed by atoms with Gasteiger partial charge in [-0.2, -0.15) is 8.78 Å². The van der Waals surface area contributed by atoms with Crippen molar-refractivity contribution in [2.75, 3.05) is 0 Å². The summed E-state index contributed by atoms with van der Waals surface area (Å²) >= 11 is 0. The lowest BCUT2D eigenvalue weighted by Gasteiger charge is -2.07. The maximum Gasteiger partial charge on any atom is 0.387 e. The van der Waals surface area contributed by atoms with Crippen LogP contribution in [-0.2, 0) is 6.42 Å². The van der Waals surface area contributed by atoms with Gasteiger partial charge in [-0.15, -0.1) is 0 Å². The molecule has 0 radical (unpaired) electrons. The van der Waals surface area contributed by atoms with E-state index in [0.717, 1.165) is 17.8 Å². The summed E-state index contributed by atoms with van der Waals surface area (Å²) in [7, 11) is 0. The van der Waals surface area contributed by atoms with Crippen LogP contribution in [0.15, 0.2) is 36.5 Å². The van der Waals surface area contributed by atoms with Crippen LogP contribution in [0.4, 0.5) is 13.2 Å². The van der Waals surface area contributed by atoms with Crippen molar-refractivity contribution < 1.29 is 27.8 Å². The lowest BCUT2D eigenvalue weighted by Crippen LogP contribution is -2.03. The van der Waals surface area contributed by atoms with Gasteiger partial charge in [0.05, 0.1) is 17.0 Å². The van der Waals surface area contributed by atoms with Crippen LogP contribution in [0.3, 0.4) is 0 Å². The molecule has 0 aliphatic rings. The third-order valence-electron chi connectivity index (χ3n) is 3.73. The van der Waals surface area contributed by atoms with Gasteiger partial charge in [-0.1, -0.05) is 6.92 Å². The molecule has 0 amide bonds. The van der Waals surface area contributed by atoms with Crippen LogP contribution in [0.25, 0.3) is 16.9 Å². The number of carboxylic acid groups (broad SMARTS) is 1. The van der Waals surface area contributed by atoms with Gasteiger partial charge in [0.25, 0.3) is 0 Å². The maximum atomic E-state index is 14.0. The van der Waals surface area contributed by atoms with Gasteiger partial charge >= 0.3 is 12.6 Å². The Labute approximate surface area is 140 Å². The molecule has 5 nitrogen and oxygen atoms in total. The number of aromatic nitrogens is 2. The Balaban J connectivity index is 2.11. The van der Waals surface area contributed by atoms with E-state index in [4.69, 9.17) is 5.11 Å². The first-order valence-electron chi connectivity index (χ1n) is 7.39. The number of hydrogen-bond acceptors (Lipinski definition) is 3. The largest absolute Gasteiger partial charge is 0.478 e. The molecule has 0 bridgehead atoms. The number of carboxylic acids is 1. The molecular weight excluding hydrogens is 337 g/mol. The summed E-state index contributed by atoms with van der Waals surface area (Å²) in [5.41, 5.74) is 2.07. The van der Waals surface area contributed by atoms with Crippen LogP contribution < -0.4 is 4.74 Å². The molecule has 0 saturated heterocycles. The highest BCUT2D eigenvalue weighted by Gasteiger charge is 2.17. The first-order valence-corrected chi connectivity index (χ1v) is 7.39. The number of alkyl halides is 2. The molecule has 0 aliphatic carbocycles. The highest BCUT2D eigenvalue weighted by atomic mass is 19.3. The molecule has 0 spiro atoms. The predicted octanol–water partition coefficient (Wildman–Crippen LogP) is 4.00. The smallest absolute Gasteiger partial charge is 0.387 e. The van der Waals surface area contributed by atoms with Crippen molar-refractivity contribution >= 4 is 11.6 Å². The van der Waals surface area contributed by atoms with Crippen LogP contribution in [0, 0.1) is 5.82 Å². The second-order valence-electron chi connectivity index (χ2n) is 5.23. The first-order chi connectivity index (χ1) is 11.9. The molecule has 0 aliphatic heterocycles. The Kier molecular flexibility index (Phi) is 4.35. The fourth-order valence-electron chi connectivity index (χ4n) is 2.64. The average Bonchev–Trinajstić information content (AvgIpc) is 2.93. The van der Waals surface area contributed by atoms with Crippen LogP contribution >= 0.6 is 0 Å². The van der Waals surface area contributed by atoms with Gasteiger partial charge in [0.1, 0.15) is 5.65 Å². The molecule has 25 heavy (non-hydrogen) atoms. The Morgan fingerprint density at radius 3 is 2.68 bits per heavy atom. The number of hydrogen-bond donors (Lipinski definition) is 1. The third kappa shape index (κ3) is 3.15. The van der Waals surface area contributed by atoms with E-state index < -0.39 is 24.1 Å². The number of aromatic carboxylic acids is 1. The standard InChI is InChI=1S/C17H13F3N2O3/c1-2-12-15(9-3-4-13(11(18)7-9)25-17(19)20)21-14-8-10(16(23)24)5-6-22(12)14/h3-8,17H,2H2,1H3,(H,23,24). The van der Waals surface area contributed by atoms with Crippen molar-refractivity contribution in [1.82, 2.24) is 9.38 Å². The summed E-state index contributed by atoms with van der Waals surface area (Å²) < 4.78 is 44.3. The zero-order chi connectivity index (χ0) is 18.1. The minimum Gasteiger partial charge on any atom is -0.478 e. The van der Waals surface area contributed by atoms with Gasteiger partial charge < -0.3 is 14.2 Å². The number of ether oxygens (including phenoxy) is 1. The predicted molar refractivity (Wildman–Crippen MR) is 83.6 cm³/mol. The fraction of sp³-hybridized carbons (Fsp3) is 0.176. The molecule has 1 N–H and O–H groups in total. The molecule has 0 unspecified atom stereocenters. The van der Waals surface area contributed by atoms with E-state index in [0.29, 0.717) is 23.3 Å². The van der Waals surface area contributed by atoms with E-state index in [9.17, 15) is 18.0 Å². The summed E-state index contributed by atoms with van der Waals surface area (Å²) in [4.78, 5) is 15.5. The number of halogens is 3. The molecule has 0 atom stereocenters. The van der Waals surface area contributed by atoms with Crippen LogP contribution in [0.5, 0.6) is 5.75 Å². The van der Waals surface area contributed by atoms with Gasteiger partial charge in [0.15, 0.2) is 11.6 Å². The van der Waals surface area contributed by atoms with Crippen LogP contribution in [0.1, 0.15) is 23.0 Å². The van der Waals surface area contributed by atoms with Crippen LogP contribution in [-0.4, -0.2) is 27.1 Å². The maximum absolute atomic E-state index is 14.0. The van der Waals surface area contributed by atoms with E-state index >= 15 is 0 Å².